The molecule has 1 aliphatic rings. The number of benzene rings is 1. The number of carbonyl (C=O) groups excluding carboxylic acids is 1. The van der Waals surface area contributed by atoms with E-state index in [4.69, 9.17) is 5.73 Å². The first-order valence-electron chi connectivity index (χ1n) is 7.09. The van der Waals surface area contributed by atoms with E-state index in [-0.39, 0.29) is 24.3 Å². The van der Waals surface area contributed by atoms with Gasteiger partial charge in [-0.05, 0) is 43.7 Å². The first-order chi connectivity index (χ1) is 9.60. The second-order valence-electron chi connectivity index (χ2n) is 5.38. The molecule has 0 aromatic heterocycles. The minimum absolute atomic E-state index is 0.146. The number of carbonyl (C=O) groups is 1. The Morgan fingerprint density at radius 2 is 2.10 bits per heavy atom. The summed E-state index contributed by atoms with van der Waals surface area (Å²) in [4.78, 5) is 13.3. The first kappa shape index (κ1) is 14.8. The summed E-state index contributed by atoms with van der Waals surface area (Å²) in [6, 6.07) is 5.21. The van der Waals surface area contributed by atoms with Crippen LogP contribution in [0.25, 0.3) is 0 Å². The standard InChI is InChI=1S/C15H22FN3O/c1-18-9-11-6-12(16)8-14(7-11)19(10-15(17)20)13-4-2-3-5-13/h6-8,13,18H,2-5,9-10H2,1H3,(H2,17,20). The highest BCUT2D eigenvalue weighted by Crippen LogP contribution is 2.29. The molecule has 1 saturated carbocycles. The van der Waals surface area contributed by atoms with E-state index in [2.05, 4.69) is 5.32 Å². The summed E-state index contributed by atoms with van der Waals surface area (Å²) in [5.41, 5.74) is 6.97. The van der Waals surface area contributed by atoms with E-state index >= 15 is 0 Å². The van der Waals surface area contributed by atoms with Gasteiger partial charge in [0, 0.05) is 18.3 Å². The van der Waals surface area contributed by atoms with Crippen molar-refractivity contribution >= 4 is 11.6 Å². The fourth-order valence-corrected chi connectivity index (χ4v) is 2.92. The highest BCUT2D eigenvalue weighted by molar-refractivity contribution is 5.79. The topological polar surface area (TPSA) is 58.4 Å². The molecule has 3 N–H and O–H groups in total. The molecule has 2 rings (SSSR count). The Morgan fingerprint density at radius 3 is 2.70 bits per heavy atom. The normalized spacial score (nSPS) is 15.5. The lowest BCUT2D eigenvalue weighted by Crippen LogP contribution is -2.40. The number of rotatable bonds is 6. The number of nitrogens with one attached hydrogen (secondary N) is 1. The van der Waals surface area contributed by atoms with Gasteiger partial charge in [-0.1, -0.05) is 12.8 Å². The van der Waals surface area contributed by atoms with Crippen molar-refractivity contribution in [2.75, 3.05) is 18.5 Å². The maximum atomic E-state index is 13.8. The Hall–Kier alpha value is -1.62. The maximum Gasteiger partial charge on any atom is 0.236 e. The van der Waals surface area contributed by atoms with Crippen LogP contribution in [0.15, 0.2) is 18.2 Å². The SMILES string of the molecule is CNCc1cc(F)cc(N(CC(N)=O)C2CCCC2)c1. The number of hydrogen-bond acceptors (Lipinski definition) is 3. The molecule has 1 aromatic rings. The van der Waals surface area contributed by atoms with Gasteiger partial charge in [-0.2, -0.15) is 0 Å². The lowest BCUT2D eigenvalue weighted by molar-refractivity contribution is -0.116. The zero-order chi connectivity index (χ0) is 14.5. The lowest BCUT2D eigenvalue weighted by atomic mass is 10.1. The molecular formula is C15H22FN3O. The molecule has 4 nitrogen and oxygen atoms in total. The van der Waals surface area contributed by atoms with Crippen LogP contribution in [0.4, 0.5) is 10.1 Å². The zero-order valence-electron chi connectivity index (χ0n) is 11.9. The number of nitrogens with zero attached hydrogens (tertiary/aromatic N) is 1. The predicted octanol–water partition coefficient (Wildman–Crippen LogP) is 1.78. The molecule has 0 atom stereocenters. The summed E-state index contributed by atoms with van der Waals surface area (Å²) in [7, 11) is 1.82. The van der Waals surface area contributed by atoms with Crippen LogP contribution in [0.3, 0.4) is 0 Å². The maximum absolute atomic E-state index is 13.8. The summed E-state index contributed by atoms with van der Waals surface area (Å²) in [5, 5.41) is 3.01. The quantitative estimate of drug-likeness (QED) is 0.834. The molecule has 0 heterocycles. The number of hydrogen-bond donors (Lipinski definition) is 2. The van der Waals surface area contributed by atoms with Gasteiger partial charge in [-0.15, -0.1) is 0 Å². The van der Waals surface area contributed by atoms with Crippen molar-refractivity contribution in [2.45, 2.75) is 38.3 Å². The van der Waals surface area contributed by atoms with Gasteiger partial charge in [0.2, 0.25) is 5.91 Å². The van der Waals surface area contributed by atoms with E-state index in [0.717, 1.165) is 36.9 Å². The summed E-state index contributed by atoms with van der Waals surface area (Å²) < 4.78 is 13.8. The smallest absolute Gasteiger partial charge is 0.236 e. The van der Waals surface area contributed by atoms with Crippen molar-refractivity contribution in [2.24, 2.45) is 5.73 Å². The van der Waals surface area contributed by atoms with Gasteiger partial charge >= 0.3 is 0 Å². The number of halogens is 1. The van der Waals surface area contributed by atoms with Crippen molar-refractivity contribution in [1.82, 2.24) is 5.32 Å². The van der Waals surface area contributed by atoms with Gasteiger partial charge in [-0.3, -0.25) is 4.79 Å². The Kier molecular flexibility index (Phi) is 4.95. The number of anilines is 1. The van der Waals surface area contributed by atoms with E-state index in [0.29, 0.717) is 6.54 Å². The van der Waals surface area contributed by atoms with Crippen molar-refractivity contribution < 1.29 is 9.18 Å². The molecule has 0 bridgehead atoms. The van der Waals surface area contributed by atoms with Gasteiger partial charge in [-0.25, -0.2) is 4.39 Å². The minimum Gasteiger partial charge on any atom is -0.368 e. The second kappa shape index (κ2) is 6.70. The van der Waals surface area contributed by atoms with Gasteiger partial charge in [0.15, 0.2) is 0 Å². The predicted molar refractivity (Wildman–Crippen MR) is 78.0 cm³/mol. The molecule has 110 valence electrons. The van der Waals surface area contributed by atoms with Crippen molar-refractivity contribution in [3.05, 3.63) is 29.6 Å². The average molecular weight is 279 g/mol. The number of amides is 1. The molecule has 1 amide bonds. The van der Waals surface area contributed by atoms with E-state index in [1.165, 1.54) is 12.1 Å². The minimum atomic E-state index is -0.378. The fraction of sp³-hybridized carbons (Fsp3) is 0.533. The summed E-state index contributed by atoms with van der Waals surface area (Å²) in [6.07, 6.45) is 4.37. The van der Waals surface area contributed by atoms with E-state index < -0.39 is 0 Å². The highest BCUT2D eigenvalue weighted by Gasteiger charge is 2.24. The third-order valence-corrected chi connectivity index (χ3v) is 3.75. The van der Waals surface area contributed by atoms with E-state index in [1.54, 1.807) is 0 Å². The molecule has 0 unspecified atom stereocenters. The Bertz CT molecular complexity index is 472. The molecule has 20 heavy (non-hydrogen) atoms. The van der Waals surface area contributed by atoms with Gasteiger partial charge in [0.25, 0.3) is 0 Å². The third kappa shape index (κ3) is 3.70. The molecule has 1 aliphatic carbocycles. The van der Waals surface area contributed by atoms with E-state index in [1.807, 2.05) is 18.0 Å². The van der Waals surface area contributed by atoms with Crippen LogP contribution >= 0.6 is 0 Å². The number of nitrogens with two attached hydrogens (primary N) is 1. The molecular weight excluding hydrogens is 257 g/mol. The van der Waals surface area contributed by atoms with Gasteiger partial charge < -0.3 is 16.0 Å². The van der Waals surface area contributed by atoms with Gasteiger partial charge in [0.05, 0.1) is 6.54 Å². The molecule has 5 heteroatoms. The third-order valence-electron chi connectivity index (χ3n) is 3.75. The average Bonchev–Trinajstić information content (AvgIpc) is 2.89. The molecule has 1 aromatic carbocycles. The highest BCUT2D eigenvalue weighted by atomic mass is 19.1. The number of primary amides is 1. The van der Waals surface area contributed by atoms with Crippen LogP contribution in [-0.2, 0) is 11.3 Å². The zero-order valence-corrected chi connectivity index (χ0v) is 11.9. The van der Waals surface area contributed by atoms with Crippen LogP contribution in [-0.4, -0.2) is 25.5 Å². The van der Waals surface area contributed by atoms with Crippen molar-refractivity contribution in [3.63, 3.8) is 0 Å². The Labute approximate surface area is 119 Å². The Morgan fingerprint density at radius 1 is 1.40 bits per heavy atom. The van der Waals surface area contributed by atoms with Crippen LogP contribution < -0.4 is 16.0 Å². The Balaban J connectivity index is 2.28. The summed E-state index contributed by atoms with van der Waals surface area (Å²) in [6.45, 7) is 0.743. The molecule has 0 aliphatic heterocycles. The molecule has 0 saturated heterocycles. The molecule has 0 spiro atoms. The van der Waals surface area contributed by atoms with Crippen LogP contribution in [0.1, 0.15) is 31.2 Å². The lowest BCUT2D eigenvalue weighted by Gasteiger charge is -2.30. The fourth-order valence-electron chi connectivity index (χ4n) is 2.92. The molecule has 1 fully saturated rings. The van der Waals surface area contributed by atoms with Crippen LogP contribution in [0, 0.1) is 5.82 Å². The molecule has 0 radical (unpaired) electrons. The van der Waals surface area contributed by atoms with Crippen LogP contribution in [0.2, 0.25) is 0 Å². The monoisotopic (exact) mass is 279 g/mol. The largest absolute Gasteiger partial charge is 0.368 e. The summed E-state index contributed by atoms with van der Waals surface area (Å²) >= 11 is 0. The first-order valence-corrected chi connectivity index (χ1v) is 7.09. The van der Waals surface area contributed by atoms with Crippen molar-refractivity contribution in [3.8, 4) is 0 Å². The second-order valence-corrected chi connectivity index (χ2v) is 5.38. The van der Waals surface area contributed by atoms with Crippen molar-refractivity contribution in [1.29, 1.82) is 0 Å². The van der Waals surface area contributed by atoms with Gasteiger partial charge in [0.1, 0.15) is 5.82 Å². The van der Waals surface area contributed by atoms with E-state index in [9.17, 15) is 9.18 Å². The van der Waals surface area contributed by atoms with Crippen LogP contribution in [0.5, 0.6) is 0 Å². The summed E-state index contributed by atoms with van der Waals surface area (Å²) in [5.74, 6) is -0.656.